The van der Waals surface area contributed by atoms with Gasteiger partial charge in [0, 0.05) is 6.07 Å². The lowest BCUT2D eigenvalue weighted by molar-refractivity contribution is -0.424. The Labute approximate surface area is 102 Å². The number of nitrogens with zero attached hydrogens (tertiary/aromatic N) is 3. The van der Waals surface area contributed by atoms with Gasteiger partial charge in [0.2, 0.25) is 5.02 Å². The lowest BCUT2D eigenvalue weighted by Gasteiger charge is -2.00. The molecule has 0 saturated carbocycles. The maximum Gasteiger partial charge on any atom is 0.373 e. The van der Waals surface area contributed by atoms with Gasteiger partial charge in [0.15, 0.2) is 0 Å². The van der Waals surface area contributed by atoms with E-state index in [1.165, 1.54) is 0 Å². The minimum Gasteiger partial charge on any atom is -0.258 e. The van der Waals surface area contributed by atoms with E-state index in [2.05, 4.69) is 0 Å². The largest absolute Gasteiger partial charge is 0.373 e. The van der Waals surface area contributed by atoms with Crippen molar-refractivity contribution in [3.63, 3.8) is 0 Å². The molecule has 0 bridgehead atoms. The van der Waals surface area contributed by atoms with E-state index in [1.54, 1.807) is 0 Å². The van der Waals surface area contributed by atoms with Crippen molar-refractivity contribution in [2.75, 3.05) is 0 Å². The molecule has 0 saturated heterocycles. The van der Waals surface area contributed by atoms with Crippen LogP contribution in [0.15, 0.2) is 6.07 Å². The maximum atomic E-state index is 10.6. The summed E-state index contributed by atoms with van der Waals surface area (Å²) in [5.41, 5.74) is -3.14. The Kier molecular flexibility index (Phi) is 3.44. The molecule has 0 atom stereocenters. The Hall–Kier alpha value is -2.00. The van der Waals surface area contributed by atoms with Crippen molar-refractivity contribution in [2.24, 2.45) is 0 Å². The van der Waals surface area contributed by atoms with E-state index >= 15 is 0 Å². The van der Waals surface area contributed by atoms with Crippen LogP contribution in [0.25, 0.3) is 0 Å². The van der Waals surface area contributed by atoms with Gasteiger partial charge >= 0.3 is 11.4 Å². The fourth-order valence-corrected chi connectivity index (χ4v) is 1.61. The van der Waals surface area contributed by atoms with Gasteiger partial charge in [0.1, 0.15) is 5.02 Å². The molecule has 11 heteroatoms. The second-order valence-electron chi connectivity index (χ2n) is 2.66. The highest BCUT2D eigenvalue weighted by atomic mass is 35.5. The first-order valence-corrected chi connectivity index (χ1v) is 4.48. The molecule has 0 fully saturated rings. The van der Waals surface area contributed by atoms with Gasteiger partial charge in [0.25, 0.3) is 5.69 Å². The molecule has 0 aliphatic rings. The zero-order valence-corrected chi connectivity index (χ0v) is 9.14. The Bertz CT molecular complexity index is 545. The van der Waals surface area contributed by atoms with Crippen LogP contribution in [0.3, 0.4) is 0 Å². The molecule has 0 spiro atoms. The SMILES string of the molecule is O=[N+]([O-])c1cc(Cl)c([N+](=O)[O-])c([N+](=O)[O-])c1Cl. The van der Waals surface area contributed by atoms with Crippen LogP contribution in [0.4, 0.5) is 17.1 Å². The molecule has 1 rings (SSSR count). The third kappa shape index (κ3) is 2.24. The first kappa shape index (κ1) is 13.1. The summed E-state index contributed by atoms with van der Waals surface area (Å²) in [5, 5.41) is 30.0. The highest BCUT2D eigenvalue weighted by Gasteiger charge is 2.37. The topological polar surface area (TPSA) is 129 Å². The Morgan fingerprint density at radius 1 is 0.882 bits per heavy atom. The van der Waals surface area contributed by atoms with E-state index in [4.69, 9.17) is 23.2 Å². The average molecular weight is 282 g/mol. The summed E-state index contributed by atoms with van der Waals surface area (Å²) in [5.74, 6) is 0. The number of nitro groups is 3. The minimum atomic E-state index is -1.20. The van der Waals surface area contributed by atoms with Crippen LogP contribution in [0.5, 0.6) is 0 Å². The molecule has 0 amide bonds. The van der Waals surface area contributed by atoms with E-state index in [0.29, 0.717) is 6.07 Å². The number of benzene rings is 1. The number of hydrogen-bond acceptors (Lipinski definition) is 6. The Morgan fingerprint density at radius 2 is 1.35 bits per heavy atom. The monoisotopic (exact) mass is 281 g/mol. The van der Waals surface area contributed by atoms with Gasteiger partial charge < -0.3 is 0 Å². The highest BCUT2D eigenvalue weighted by molar-refractivity contribution is 6.38. The van der Waals surface area contributed by atoms with Crippen molar-refractivity contribution in [3.05, 3.63) is 46.5 Å². The van der Waals surface area contributed by atoms with E-state index in [1.807, 2.05) is 0 Å². The molecule has 0 aliphatic carbocycles. The molecule has 0 N–H and O–H groups in total. The fourth-order valence-electron chi connectivity index (χ4n) is 1.06. The zero-order valence-electron chi connectivity index (χ0n) is 7.62. The standard InChI is InChI=1S/C6HCl2N3O6/c7-2-1-3(9(12)13)4(8)6(11(16)17)5(2)10(14)15/h1H. The molecule has 0 radical (unpaired) electrons. The molecule has 0 heterocycles. The third-order valence-corrected chi connectivity index (χ3v) is 2.37. The van der Waals surface area contributed by atoms with Crippen LogP contribution in [0.1, 0.15) is 0 Å². The predicted octanol–water partition coefficient (Wildman–Crippen LogP) is 2.72. The van der Waals surface area contributed by atoms with Crippen LogP contribution in [-0.2, 0) is 0 Å². The van der Waals surface area contributed by atoms with Crippen molar-refractivity contribution in [2.45, 2.75) is 0 Å². The molecule has 1 aromatic carbocycles. The van der Waals surface area contributed by atoms with Gasteiger partial charge in [0.05, 0.1) is 14.8 Å². The fraction of sp³-hybridized carbons (Fsp3) is 0. The first-order valence-electron chi connectivity index (χ1n) is 3.72. The quantitative estimate of drug-likeness (QED) is 0.618. The van der Waals surface area contributed by atoms with Crippen LogP contribution >= 0.6 is 23.2 Å². The Balaban J connectivity index is 3.78. The van der Waals surface area contributed by atoms with Gasteiger partial charge in [-0.3, -0.25) is 30.3 Å². The predicted molar refractivity (Wildman–Crippen MR) is 56.4 cm³/mol. The second kappa shape index (κ2) is 4.47. The van der Waals surface area contributed by atoms with E-state index < -0.39 is 41.9 Å². The van der Waals surface area contributed by atoms with E-state index in [9.17, 15) is 30.3 Å². The number of rotatable bonds is 3. The molecule has 9 nitrogen and oxygen atoms in total. The number of halogens is 2. The van der Waals surface area contributed by atoms with E-state index in [-0.39, 0.29) is 0 Å². The average Bonchev–Trinajstić information content (AvgIpc) is 2.18. The summed E-state index contributed by atoms with van der Waals surface area (Å²) in [6.45, 7) is 0. The molecular weight excluding hydrogens is 281 g/mol. The normalized spacial score (nSPS) is 10.0. The molecule has 1 aromatic rings. The summed E-state index contributed by atoms with van der Waals surface area (Å²) in [6, 6.07) is 0.592. The van der Waals surface area contributed by atoms with Crippen molar-refractivity contribution in [1.29, 1.82) is 0 Å². The van der Waals surface area contributed by atoms with Crippen LogP contribution in [0.2, 0.25) is 10.0 Å². The van der Waals surface area contributed by atoms with Gasteiger partial charge in [-0.05, 0) is 0 Å². The van der Waals surface area contributed by atoms with Crippen molar-refractivity contribution < 1.29 is 14.8 Å². The minimum absolute atomic E-state index is 0.592. The summed E-state index contributed by atoms with van der Waals surface area (Å²) in [6.07, 6.45) is 0. The highest BCUT2D eigenvalue weighted by Crippen LogP contribution is 2.45. The first-order chi connectivity index (χ1) is 7.77. The summed E-state index contributed by atoms with van der Waals surface area (Å²) < 4.78 is 0. The van der Waals surface area contributed by atoms with Crippen molar-refractivity contribution in [3.8, 4) is 0 Å². The number of nitro benzene ring substituents is 3. The van der Waals surface area contributed by atoms with Crippen molar-refractivity contribution in [1.82, 2.24) is 0 Å². The van der Waals surface area contributed by atoms with Gasteiger partial charge in [-0.2, -0.15) is 0 Å². The molecule has 0 aromatic heterocycles. The smallest absolute Gasteiger partial charge is 0.258 e. The van der Waals surface area contributed by atoms with Crippen LogP contribution in [-0.4, -0.2) is 14.8 Å². The number of hydrogen-bond donors (Lipinski definition) is 0. The van der Waals surface area contributed by atoms with E-state index in [0.717, 1.165) is 0 Å². The summed E-state index contributed by atoms with van der Waals surface area (Å²) >= 11 is 10.8. The second-order valence-corrected chi connectivity index (χ2v) is 3.45. The van der Waals surface area contributed by atoms with Crippen LogP contribution < -0.4 is 0 Å². The van der Waals surface area contributed by atoms with Crippen molar-refractivity contribution >= 4 is 40.3 Å². The molecule has 0 unspecified atom stereocenters. The van der Waals surface area contributed by atoms with Gasteiger partial charge in [-0.15, -0.1) is 0 Å². The van der Waals surface area contributed by atoms with Crippen LogP contribution in [0, 0.1) is 30.3 Å². The Morgan fingerprint density at radius 3 is 1.71 bits per heavy atom. The zero-order chi connectivity index (χ0) is 13.3. The molecule has 90 valence electrons. The van der Waals surface area contributed by atoms with Gasteiger partial charge in [-0.25, -0.2) is 0 Å². The lowest BCUT2D eigenvalue weighted by atomic mass is 10.2. The summed E-state index contributed by atoms with van der Waals surface area (Å²) in [7, 11) is 0. The molecular formula is C6HCl2N3O6. The molecule has 17 heavy (non-hydrogen) atoms. The lowest BCUT2D eigenvalue weighted by Crippen LogP contribution is -2.01. The molecule has 0 aliphatic heterocycles. The third-order valence-electron chi connectivity index (χ3n) is 1.71. The maximum absolute atomic E-state index is 10.6. The summed E-state index contributed by atoms with van der Waals surface area (Å²) in [4.78, 5) is 28.3. The van der Waals surface area contributed by atoms with Gasteiger partial charge in [-0.1, -0.05) is 23.2 Å².